The number of aromatic nitrogens is 2. The number of nitrogens with zero attached hydrogens (tertiary/aromatic N) is 2. The fourth-order valence-corrected chi connectivity index (χ4v) is 2.60. The summed E-state index contributed by atoms with van der Waals surface area (Å²) in [5.74, 6) is -0.403. The largest absolute Gasteiger partial charge is 0.416 e. The van der Waals surface area contributed by atoms with E-state index in [1.807, 2.05) is 0 Å². The Labute approximate surface area is 143 Å². The van der Waals surface area contributed by atoms with E-state index in [4.69, 9.17) is 15.7 Å². The molecule has 0 aliphatic heterocycles. The molecule has 0 radical (unpaired) electrons. The van der Waals surface area contributed by atoms with Crippen LogP contribution < -0.4 is 10.9 Å². The molecule has 1 aromatic carbocycles. The molecule has 0 amide bonds. The lowest BCUT2D eigenvalue weighted by Crippen LogP contribution is -2.18. The van der Waals surface area contributed by atoms with E-state index in [-0.39, 0.29) is 21.7 Å². The van der Waals surface area contributed by atoms with Gasteiger partial charge in [-0.15, -0.1) is 0 Å². The summed E-state index contributed by atoms with van der Waals surface area (Å²) in [6.07, 6.45) is -3.66. The maximum absolute atomic E-state index is 13.2. The van der Waals surface area contributed by atoms with Crippen LogP contribution in [0, 0.1) is 0 Å². The van der Waals surface area contributed by atoms with Gasteiger partial charge in [0.05, 0.1) is 16.6 Å². The monoisotopic (exact) mass is 356 g/mol. The number of alkyl halides is 3. The molecule has 2 heterocycles. The third-order valence-corrected chi connectivity index (χ3v) is 3.77. The van der Waals surface area contributed by atoms with Gasteiger partial charge in [0, 0.05) is 27.9 Å². The fraction of sp³-hybridized carbons (Fsp3) is 0.125. The molecule has 0 atom stereocenters. The molecule has 0 bridgehead atoms. The molecule has 124 valence electrons. The maximum atomic E-state index is 13.2. The highest BCUT2D eigenvalue weighted by molar-refractivity contribution is 6.33. The average Bonchev–Trinajstić information content (AvgIpc) is 2.53. The number of hydrogen-bond acceptors (Lipinski definition) is 3. The van der Waals surface area contributed by atoms with Crippen LogP contribution in [-0.4, -0.2) is 16.4 Å². The third-order valence-electron chi connectivity index (χ3n) is 3.44. The first-order chi connectivity index (χ1) is 12.5. The first-order valence-electron chi connectivity index (χ1n) is 8.14. The normalized spacial score (nSPS) is 14.1. The van der Waals surface area contributed by atoms with E-state index in [0.29, 0.717) is 0 Å². The average molecular weight is 357 g/mol. The number of anilines is 1. The van der Waals surface area contributed by atoms with Crippen molar-refractivity contribution < 1.29 is 17.3 Å². The van der Waals surface area contributed by atoms with Gasteiger partial charge in [0.2, 0.25) is 5.95 Å². The zero-order valence-electron chi connectivity index (χ0n) is 14.9. The van der Waals surface area contributed by atoms with E-state index in [2.05, 4.69) is 10.3 Å². The summed E-state index contributed by atoms with van der Waals surface area (Å²) in [5.41, 5.74) is -2.06. The van der Waals surface area contributed by atoms with E-state index in [1.165, 1.54) is 12.1 Å². The van der Waals surface area contributed by atoms with Crippen molar-refractivity contribution in [1.82, 2.24) is 9.38 Å². The Bertz CT molecular complexity index is 1080. The number of fused-ring (bicyclic) bond motifs is 1. The van der Waals surface area contributed by atoms with Crippen LogP contribution in [-0.2, 0) is 6.18 Å². The van der Waals surface area contributed by atoms with Gasteiger partial charge in [0.15, 0.2) is 0 Å². The summed E-state index contributed by atoms with van der Waals surface area (Å²) in [6, 6.07) is 7.64. The number of nitrogens with one attached hydrogen (secondary N) is 1. The number of benzene rings is 1. The minimum Gasteiger partial charge on any atom is -0.358 e. The molecule has 4 nitrogen and oxygen atoms in total. The lowest BCUT2D eigenvalue weighted by atomic mass is 10.0. The molecule has 0 unspecified atom stereocenters. The molecule has 1 N–H and O–H groups in total. The summed E-state index contributed by atoms with van der Waals surface area (Å²) in [7, 11) is 0. The van der Waals surface area contributed by atoms with E-state index in [9.17, 15) is 18.0 Å². The highest BCUT2D eigenvalue weighted by Gasteiger charge is 2.31. The molecule has 0 saturated carbocycles. The molecule has 3 rings (SSSR count). The van der Waals surface area contributed by atoms with E-state index in [0.717, 1.165) is 22.7 Å². The van der Waals surface area contributed by atoms with Gasteiger partial charge in [0.1, 0.15) is 0 Å². The SMILES string of the molecule is [2H]C([2H])([2H])Nc1nc(=O)c(-c2ccccc2Cl)c2cc(C(F)(F)F)ccn12. The van der Waals surface area contributed by atoms with Crippen molar-refractivity contribution in [2.45, 2.75) is 6.18 Å². The quantitative estimate of drug-likeness (QED) is 0.752. The zero-order chi connectivity index (χ0) is 20.0. The van der Waals surface area contributed by atoms with Crippen LogP contribution in [0.15, 0.2) is 47.4 Å². The number of hydrogen-bond donors (Lipinski definition) is 1. The van der Waals surface area contributed by atoms with Crippen molar-refractivity contribution in [2.75, 3.05) is 12.3 Å². The molecule has 0 saturated heterocycles. The van der Waals surface area contributed by atoms with Crippen LogP contribution in [0.1, 0.15) is 9.68 Å². The van der Waals surface area contributed by atoms with Gasteiger partial charge in [-0.25, -0.2) is 0 Å². The Morgan fingerprint density at radius 3 is 2.71 bits per heavy atom. The Morgan fingerprint density at radius 1 is 1.29 bits per heavy atom. The lowest BCUT2D eigenvalue weighted by molar-refractivity contribution is -0.137. The van der Waals surface area contributed by atoms with Crippen molar-refractivity contribution in [1.29, 1.82) is 0 Å². The molecule has 0 aliphatic rings. The number of pyridine rings is 1. The second-order valence-corrected chi connectivity index (χ2v) is 5.30. The van der Waals surface area contributed by atoms with Gasteiger partial charge in [-0.2, -0.15) is 18.2 Å². The van der Waals surface area contributed by atoms with E-state index >= 15 is 0 Å². The second-order valence-electron chi connectivity index (χ2n) is 4.89. The van der Waals surface area contributed by atoms with Crippen LogP contribution in [0.2, 0.25) is 5.02 Å². The first kappa shape index (κ1) is 12.8. The summed E-state index contributed by atoms with van der Waals surface area (Å²) < 4.78 is 62.4. The minimum absolute atomic E-state index is 0.146. The Kier molecular flexibility index (Phi) is 3.12. The van der Waals surface area contributed by atoms with Crippen molar-refractivity contribution in [3.05, 3.63) is 63.5 Å². The van der Waals surface area contributed by atoms with Crippen LogP contribution in [0.3, 0.4) is 0 Å². The fourth-order valence-electron chi connectivity index (χ4n) is 2.37. The lowest BCUT2D eigenvalue weighted by Gasteiger charge is -2.14. The van der Waals surface area contributed by atoms with Crippen LogP contribution >= 0.6 is 11.6 Å². The predicted molar refractivity (Wildman–Crippen MR) is 86.5 cm³/mol. The molecule has 2 aromatic heterocycles. The van der Waals surface area contributed by atoms with Crippen LogP contribution in [0.4, 0.5) is 19.1 Å². The molecular formula is C16H11ClF3N3O. The molecule has 0 aliphatic carbocycles. The van der Waals surface area contributed by atoms with Gasteiger partial charge in [-0.05, 0) is 18.2 Å². The van der Waals surface area contributed by atoms with Gasteiger partial charge in [-0.1, -0.05) is 29.8 Å². The highest BCUT2D eigenvalue weighted by Crippen LogP contribution is 2.34. The predicted octanol–water partition coefficient (Wildman–Crippen LogP) is 4.08. The second kappa shape index (κ2) is 5.83. The summed E-state index contributed by atoms with van der Waals surface area (Å²) in [4.78, 5) is 16.3. The summed E-state index contributed by atoms with van der Waals surface area (Å²) in [5, 5.41) is 2.20. The van der Waals surface area contributed by atoms with Gasteiger partial charge < -0.3 is 5.32 Å². The molecule has 0 spiro atoms. The van der Waals surface area contributed by atoms with E-state index in [1.54, 1.807) is 12.1 Å². The Balaban J connectivity index is 2.41. The molecular weight excluding hydrogens is 343 g/mol. The van der Waals surface area contributed by atoms with Gasteiger partial charge in [0.25, 0.3) is 5.56 Å². The van der Waals surface area contributed by atoms with Crippen molar-refractivity contribution in [3.8, 4) is 11.1 Å². The molecule has 3 aromatic rings. The number of halogens is 4. The Hall–Kier alpha value is -2.54. The first-order valence-corrected chi connectivity index (χ1v) is 7.02. The standard InChI is InChI=1S/C16H11ClF3N3O/c1-21-15-22-14(24)13(10-4-2-3-5-11(10)17)12-8-9(16(18,19)20)6-7-23(12)15/h2-8H,1H3,(H,21,22,24)/i1D3. The van der Waals surface area contributed by atoms with Gasteiger partial charge >= 0.3 is 6.18 Å². The molecule has 0 fully saturated rings. The van der Waals surface area contributed by atoms with Gasteiger partial charge in [-0.3, -0.25) is 9.20 Å². The smallest absolute Gasteiger partial charge is 0.358 e. The minimum atomic E-state index is -4.66. The summed E-state index contributed by atoms with van der Waals surface area (Å²) >= 11 is 6.10. The van der Waals surface area contributed by atoms with Crippen molar-refractivity contribution in [3.63, 3.8) is 0 Å². The highest BCUT2D eigenvalue weighted by atomic mass is 35.5. The summed E-state index contributed by atoms with van der Waals surface area (Å²) in [6.45, 7) is -2.70. The Morgan fingerprint density at radius 2 is 2.04 bits per heavy atom. The molecule has 24 heavy (non-hydrogen) atoms. The molecule has 8 heteroatoms. The van der Waals surface area contributed by atoms with Crippen LogP contribution in [0.25, 0.3) is 16.6 Å². The number of rotatable bonds is 2. The van der Waals surface area contributed by atoms with Crippen LogP contribution in [0.5, 0.6) is 0 Å². The van der Waals surface area contributed by atoms with Crippen molar-refractivity contribution in [2.24, 2.45) is 0 Å². The third kappa shape index (κ3) is 2.71. The van der Waals surface area contributed by atoms with Crippen molar-refractivity contribution >= 4 is 23.1 Å². The van der Waals surface area contributed by atoms with E-state index < -0.39 is 30.2 Å². The zero-order valence-corrected chi connectivity index (χ0v) is 12.6. The maximum Gasteiger partial charge on any atom is 0.416 e. The topological polar surface area (TPSA) is 46.4 Å².